The Kier molecular flexibility index (Phi) is 6.62. The smallest absolute Gasteiger partial charge is 0.259 e. The van der Waals surface area contributed by atoms with Crippen molar-refractivity contribution in [3.8, 4) is 17.3 Å². The molecule has 3 aromatic carbocycles. The molecule has 8 nitrogen and oxygen atoms in total. The van der Waals surface area contributed by atoms with E-state index in [1.54, 1.807) is 60.8 Å². The summed E-state index contributed by atoms with van der Waals surface area (Å²) in [5.41, 5.74) is 2.91. The van der Waals surface area contributed by atoms with Crippen LogP contribution < -0.4 is 10.9 Å². The van der Waals surface area contributed by atoms with Gasteiger partial charge in [-0.25, -0.2) is 4.98 Å². The van der Waals surface area contributed by atoms with Gasteiger partial charge in [-0.1, -0.05) is 54.1 Å². The maximum atomic E-state index is 12.7. The molecule has 0 radical (unpaired) electrons. The van der Waals surface area contributed by atoms with E-state index in [1.165, 1.54) is 4.68 Å². The fraction of sp³-hybridized carbons (Fsp3) is 0.0357. The summed E-state index contributed by atoms with van der Waals surface area (Å²) in [7, 11) is 0. The number of H-pyrrole nitrogens is 1. The van der Waals surface area contributed by atoms with Crippen molar-refractivity contribution < 1.29 is 4.79 Å². The van der Waals surface area contributed by atoms with Gasteiger partial charge in [0.15, 0.2) is 5.82 Å². The Morgan fingerprint density at radius 1 is 1.05 bits per heavy atom. The molecule has 2 aromatic heterocycles. The average molecular weight is 507 g/mol. The van der Waals surface area contributed by atoms with Gasteiger partial charge in [0.25, 0.3) is 5.56 Å². The van der Waals surface area contributed by atoms with Gasteiger partial charge < -0.3 is 10.3 Å². The minimum atomic E-state index is -0.334. The van der Waals surface area contributed by atoms with Gasteiger partial charge in [-0.05, 0) is 42.5 Å². The molecule has 0 fully saturated rings. The first-order valence-corrected chi connectivity index (χ1v) is 11.7. The lowest BCUT2D eigenvalue weighted by molar-refractivity contribution is -0.116. The minimum absolute atomic E-state index is 0.0523. The van der Waals surface area contributed by atoms with Crippen molar-refractivity contribution in [3.05, 3.63) is 112 Å². The van der Waals surface area contributed by atoms with E-state index in [9.17, 15) is 14.9 Å². The highest BCUT2D eigenvalue weighted by atomic mass is 35.5. The number of hydrogen-bond acceptors (Lipinski definition) is 5. The topological polar surface area (TPSA) is 116 Å². The quantitative estimate of drug-likeness (QED) is 0.309. The van der Waals surface area contributed by atoms with E-state index in [2.05, 4.69) is 26.5 Å². The number of nitrogens with zero attached hydrogens (tertiary/aromatic N) is 4. The lowest BCUT2D eigenvalue weighted by atomic mass is 10.1. The lowest BCUT2D eigenvalue weighted by Gasteiger charge is -2.05. The number of rotatable bonds is 6. The Hall–Kier alpha value is -5.00. The Balaban J connectivity index is 1.52. The predicted molar refractivity (Wildman–Crippen MR) is 144 cm³/mol. The number of fused-ring (bicyclic) bond motifs is 1. The number of aromatic amines is 1. The molecule has 5 aromatic rings. The largest absolute Gasteiger partial charge is 0.324 e. The molecule has 2 heterocycles. The molecule has 0 aliphatic heterocycles. The summed E-state index contributed by atoms with van der Waals surface area (Å²) in [5.74, 6) is -0.126. The Morgan fingerprint density at radius 2 is 1.78 bits per heavy atom. The molecule has 0 bridgehead atoms. The van der Waals surface area contributed by atoms with Crippen LogP contribution >= 0.6 is 11.6 Å². The third kappa shape index (κ3) is 5.32. The fourth-order valence-electron chi connectivity index (χ4n) is 3.85. The summed E-state index contributed by atoms with van der Waals surface area (Å²) < 4.78 is 1.50. The lowest BCUT2D eigenvalue weighted by Crippen LogP contribution is -2.19. The number of nitriles is 1. The Morgan fingerprint density at radius 3 is 2.54 bits per heavy atom. The van der Waals surface area contributed by atoms with Gasteiger partial charge >= 0.3 is 0 Å². The highest BCUT2D eigenvalue weighted by Crippen LogP contribution is 2.26. The number of anilines is 1. The maximum Gasteiger partial charge on any atom is 0.259 e. The molecule has 5 rings (SSSR count). The van der Waals surface area contributed by atoms with Gasteiger partial charge in [-0.15, -0.1) is 0 Å². The van der Waals surface area contributed by atoms with Crippen molar-refractivity contribution in [1.29, 1.82) is 5.26 Å². The molecule has 180 valence electrons. The summed E-state index contributed by atoms with van der Waals surface area (Å²) in [5, 5.41) is 18.4. The summed E-state index contributed by atoms with van der Waals surface area (Å²) in [6.07, 6.45) is 3.29. The van der Waals surface area contributed by atoms with Crippen molar-refractivity contribution >= 4 is 45.7 Å². The van der Waals surface area contributed by atoms with Crippen LogP contribution in [-0.2, 0) is 11.3 Å². The second kappa shape index (κ2) is 10.3. The first-order valence-electron chi connectivity index (χ1n) is 11.3. The summed E-state index contributed by atoms with van der Waals surface area (Å²) in [4.78, 5) is 32.4. The summed E-state index contributed by atoms with van der Waals surface area (Å²) in [6.45, 7) is -0.0523. The van der Waals surface area contributed by atoms with Gasteiger partial charge in [-0.2, -0.15) is 10.4 Å². The van der Waals surface area contributed by atoms with Crippen molar-refractivity contribution in [3.63, 3.8) is 0 Å². The number of carbonyl (C=O) groups is 1. The van der Waals surface area contributed by atoms with Crippen LogP contribution in [0.15, 0.2) is 89.9 Å². The molecule has 2 N–H and O–H groups in total. The molecule has 9 heteroatoms. The molecular weight excluding hydrogens is 488 g/mol. The predicted octanol–water partition coefficient (Wildman–Crippen LogP) is 5.14. The van der Waals surface area contributed by atoms with Crippen LogP contribution in [-0.4, -0.2) is 25.7 Å². The van der Waals surface area contributed by atoms with Gasteiger partial charge in [0.05, 0.1) is 22.2 Å². The van der Waals surface area contributed by atoms with Crippen molar-refractivity contribution in [2.24, 2.45) is 0 Å². The number of benzene rings is 3. The monoisotopic (exact) mass is 506 g/mol. The molecule has 0 saturated heterocycles. The average Bonchev–Trinajstić information content (AvgIpc) is 3.31. The van der Waals surface area contributed by atoms with E-state index in [1.807, 2.05) is 30.3 Å². The molecule has 0 saturated carbocycles. The van der Waals surface area contributed by atoms with Crippen molar-refractivity contribution in [1.82, 2.24) is 19.7 Å². The second-order valence-corrected chi connectivity index (χ2v) is 8.59. The zero-order valence-corrected chi connectivity index (χ0v) is 20.1. The van der Waals surface area contributed by atoms with E-state index in [0.29, 0.717) is 32.9 Å². The molecule has 37 heavy (non-hydrogen) atoms. The Labute approximate surface area is 216 Å². The second-order valence-electron chi connectivity index (χ2n) is 8.15. The SMILES string of the molecule is N#C/C(=C\c1cn(CC(=O)Nc2ccc(Cl)cc2)nc1-c1ccccc1)c1nc2ccccc2c(=O)[nH]1. The maximum absolute atomic E-state index is 12.7. The third-order valence-electron chi connectivity index (χ3n) is 5.56. The number of nitrogens with one attached hydrogen (secondary N) is 2. The number of halogens is 1. The number of allylic oxidation sites excluding steroid dienone is 1. The molecule has 0 aliphatic carbocycles. The van der Waals surface area contributed by atoms with Crippen LogP contribution in [0, 0.1) is 11.3 Å². The number of carbonyl (C=O) groups excluding carboxylic acids is 1. The van der Waals surface area contributed by atoms with Gasteiger partial charge in [0.2, 0.25) is 5.91 Å². The van der Waals surface area contributed by atoms with Crippen LogP contribution in [0.5, 0.6) is 0 Å². The fourth-order valence-corrected chi connectivity index (χ4v) is 3.97. The van der Waals surface area contributed by atoms with Gasteiger partial charge in [0.1, 0.15) is 12.6 Å². The zero-order chi connectivity index (χ0) is 25.8. The number of hydrogen-bond donors (Lipinski definition) is 2. The van der Waals surface area contributed by atoms with E-state index >= 15 is 0 Å². The van der Waals surface area contributed by atoms with Crippen LogP contribution in [0.4, 0.5) is 5.69 Å². The molecule has 0 atom stereocenters. The number of amides is 1. The van der Waals surface area contributed by atoms with Crippen molar-refractivity contribution in [2.75, 3.05) is 5.32 Å². The number of aromatic nitrogens is 4. The number of para-hydroxylation sites is 1. The van der Waals surface area contributed by atoms with E-state index in [0.717, 1.165) is 5.56 Å². The van der Waals surface area contributed by atoms with Crippen molar-refractivity contribution in [2.45, 2.75) is 6.54 Å². The minimum Gasteiger partial charge on any atom is -0.324 e. The van der Waals surface area contributed by atoms with Crippen LogP contribution in [0.1, 0.15) is 11.4 Å². The van der Waals surface area contributed by atoms with Crippen LogP contribution in [0.2, 0.25) is 5.02 Å². The normalized spacial score (nSPS) is 11.3. The third-order valence-corrected chi connectivity index (χ3v) is 5.81. The molecule has 1 amide bonds. The van der Waals surface area contributed by atoms with E-state index < -0.39 is 0 Å². The van der Waals surface area contributed by atoms with Gasteiger partial charge in [0, 0.05) is 28.0 Å². The molecule has 0 unspecified atom stereocenters. The Bertz CT molecular complexity index is 1730. The van der Waals surface area contributed by atoms with Gasteiger partial charge in [-0.3, -0.25) is 14.3 Å². The first kappa shape index (κ1) is 23.7. The highest BCUT2D eigenvalue weighted by molar-refractivity contribution is 6.30. The van der Waals surface area contributed by atoms with Crippen LogP contribution in [0.25, 0.3) is 33.8 Å². The van der Waals surface area contributed by atoms with Crippen LogP contribution in [0.3, 0.4) is 0 Å². The van der Waals surface area contributed by atoms with E-state index in [-0.39, 0.29) is 29.4 Å². The molecule has 0 spiro atoms. The zero-order valence-electron chi connectivity index (χ0n) is 19.4. The summed E-state index contributed by atoms with van der Waals surface area (Å²) in [6, 6.07) is 25.3. The first-order chi connectivity index (χ1) is 18.0. The molecule has 0 aliphatic rings. The summed E-state index contributed by atoms with van der Waals surface area (Å²) >= 11 is 5.91. The standard InChI is InChI=1S/C28H19ClN6O2/c29-21-10-12-22(13-11-21)31-25(36)17-35-16-20(26(34-35)18-6-2-1-3-7-18)14-19(15-30)27-32-24-9-5-4-8-23(24)28(37)33-27/h1-14,16H,17H2,(H,31,36)(H,32,33,37)/b19-14+. The van der Waals surface area contributed by atoms with E-state index in [4.69, 9.17) is 11.6 Å². The molecular formula is C28H19ClN6O2. The highest BCUT2D eigenvalue weighted by Gasteiger charge is 2.15.